The van der Waals surface area contributed by atoms with Crippen LogP contribution in [0.15, 0.2) is 23.3 Å². The number of hydrogen-bond acceptors (Lipinski definition) is 4. The predicted molar refractivity (Wildman–Crippen MR) is 65.1 cm³/mol. The molecule has 0 saturated carbocycles. The monoisotopic (exact) mass is 251 g/mol. The van der Waals surface area contributed by atoms with Crippen molar-refractivity contribution in [2.24, 2.45) is 5.11 Å². The Morgan fingerprint density at radius 2 is 2.33 bits per heavy atom. The molecule has 0 aromatic heterocycles. The summed E-state index contributed by atoms with van der Waals surface area (Å²) in [6.45, 7) is 0.254. The molecule has 7 nitrogen and oxygen atoms in total. The number of azide groups is 1. The lowest BCUT2D eigenvalue weighted by molar-refractivity contribution is -0.384. The largest absolute Gasteiger partial charge is 0.393 e. The Balaban J connectivity index is 2.95. The molecule has 1 rings (SSSR count). The van der Waals surface area contributed by atoms with E-state index in [-0.39, 0.29) is 17.8 Å². The van der Waals surface area contributed by atoms with Crippen LogP contribution in [-0.4, -0.2) is 11.5 Å². The summed E-state index contributed by atoms with van der Waals surface area (Å²) in [5, 5.41) is 13.9. The molecule has 8 heteroatoms. The molecule has 0 fully saturated rings. The molecule has 0 aliphatic heterocycles. The van der Waals surface area contributed by atoms with Crippen LogP contribution in [0.2, 0.25) is 0 Å². The number of anilines is 1. The van der Waals surface area contributed by atoms with Crippen LogP contribution in [0.1, 0.15) is 12.0 Å². The molecule has 0 heterocycles. The van der Waals surface area contributed by atoms with E-state index in [2.05, 4.69) is 10.0 Å². The predicted octanol–water partition coefficient (Wildman–Crippen LogP) is 3.03. The third-order valence-corrected chi connectivity index (χ3v) is 2.11. The normalized spacial score (nSPS) is 10.3. The highest BCUT2D eigenvalue weighted by atomic mass is 19.1. The maximum absolute atomic E-state index is 13.1. The van der Waals surface area contributed by atoms with Crippen LogP contribution in [0.3, 0.4) is 0 Å². The lowest BCUT2D eigenvalue weighted by Crippen LogP contribution is -1.99. The van der Waals surface area contributed by atoms with E-state index in [1.165, 1.54) is 6.08 Å². The molecule has 0 unspecified atom stereocenters. The smallest absolute Gasteiger partial charge is 0.295 e. The van der Waals surface area contributed by atoms with Crippen LogP contribution in [0.25, 0.3) is 16.5 Å². The summed E-state index contributed by atoms with van der Waals surface area (Å²) in [6, 6.07) is 1.87. The quantitative estimate of drug-likeness (QED) is 0.165. The molecule has 94 valence electrons. The Bertz CT molecular complexity index is 537. The van der Waals surface area contributed by atoms with Gasteiger partial charge in [0.05, 0.1) is 11.0 Å². The van der Waals surface area contributed by atoms with Gasteiger partial charge in [0.15, 0.2) is 0 Å². The number of nitrogen functional groups attached to an aromatic ring is 1. The minimum atomic E-state index is -0.740. The van der Waals surface area contributed by atoms with Crippen molar-refractivity contribution in [1.29, 1.82) is 0 Å². The number of nitrogens with zero attached hydrogens (tertiary/aromatic N) is 4. The van der Waals surface area contributed by atoms with Crippen LogP contribution >= 0.6 is 0 Å². The van der Waals surface area contributed by atoms with Crippen LogP contribution in [0, 0.1) is 15.9 Å². The van der Waals surface area contributed by atoms with Crippen LogP contribution in [0.4, 0.5) is 15.8 Å². The van der Waals surface area contributed by atoms with Gasteiger partial charge in [0.1, 0.15) is 11.5 Å². The molecule has 0 amide bonds. The van der Waals surface area contributed by atoms with Crippen molar-refractivity contribution in [3.05, 3.63) is 50.1 Å². The Hall–Kier alpha value is -2.60. The SMILES string of the molecule is [N-]=[N+]=NCCC=Cc1cc(F)cc([N+](=O)[O-])c1N. The molecule has 1 aromatic carbocycles. The zero-order chi connectivity index (χ0) is 13.5. The second-order valence-electron chi connectivity index (χ2n) is 3.33. The number of benzene rings is 1. The number of halogens is 1. The van der Waals surface area contributed by atoms with Gasteiger partial charge in [-0.3, -0.25) is 10.1 Å². The average Bonchev–Trinajstić information content (AvgIpc) is 2.32. The number of hydrogen-bond donors (Lipinski definition) is 1. The first-order valence-corrected chi connectivity index (χ1v) is 4.97. The third kappa shape index (κ3) is 3.46. The van der Waals surface area contributed by atoms with Crippen molar-refractivity contribution in [2.75, 3.05) is 12.3 Å². The highest BCUT2D eigenvalue weighted by molar-refractivity contribution is 5.73. The number of nitro groups is 1. The molecule has 2 N–H and O–H groups in total. The fraction of sp³-hybridized carbons (Fsp3) is 0.200. The van der Waals surface area contributed by atoms with Crippen LogP contribution in [-0.2, 0) is 0 Å². The van der Waals surface area contributed by atoms with Crippen molar-refractivity contribution in [3.8, 4) is 0 Å². The van der Waals surface area contributed by atoms with E-state index in [1.54, 1.807) is 6.08 Å². The molecular weight excluding hydrogens is 241 g/mol. The average molecular weight is 251 g/mol. The topological polar surface area (TPSA) is 118 Å². The van der Waals surface area contributed by atoms with Gasteiger partial charge in [-0.05, 0) is 18.0 Å². The van der Waals surface area contributed by atoms with Gasteiger partial charge < -0.3 is 5.73 Å². The molecule has 0 radical (unpaired) electrons. The molecule has 0 atom stereocenters. The first-order valence-electron chi connectivity index (χ1n) is 4.97. The zero-order valence-corrected chi connectivity index (χ0v) is 9.28. The van der Waals surface area contributed by atoms with Crippen molar-refractivity contribution in [2.45, 2.75) is 6.42 Å². The molecule has 18 heavy (non-hydrogen) atoms. The minimum absolute atomic E-state index is 0.0959. The van der Waals surface area contributed by atoms with Gasteiger partial charge in [-0.25, -0.2) is 4.39 Å². The summed E-state index contributed by atoms with van der Waals surface area (Å²) in [5.41, 5.74) is 13.3. The van der Waals surface area contributed by atoms with E-state index < -0.39 is 16.4 Å². The van der Waals surface area contributed by atoms with Crippen LogP contribution < -0.4 is 5.73 Å². The molecule has 0 aliphatic carbocycles. The Morgan fingerprint density at radius 1 is 1.61 bits per heavy atom. The van der Waals surface area contributed by atoms with Crippen molar-refractivity contribution in [3.63, 3.8) is 0 Å². The first kappa shape index (κ1) is 13.5. The maximum atomic E-state index is 13.1. The summed E-state index contributed by atoms with van der Waals surface area (Å²) in [4.78, 5) is 12.4. The summed E-state index contributed by atoms with van der Waals surface area (Å²) >= 11 is 0. The van der Waals surface area contributed by atoms with Gasteiger partial charge in [-0.1, -0.05) is 17.3 Å². The van der Waals surface area contributed by atoms with Gasteiger partial charge in [0.2, 0.25) is 0 Å². The van der Waals surface area contributed by atoms with E-state index in [4.69, 9.17) is 11.3 Å². The van der Waals surface area contributed by atoms with E-state index in [0.717, 1.165) is 12.1 Å². The van der Waals surface area contributed by atoms with Crippen molar-refractivity contribution < 1.29 is 9.31 Å². The lowest BCUT2D eigenvalue weighted by atomic mass is 10.1. The zero-order valence-electron chi connectivity index (χ0n) is 9.28. The summed E-state index contributed by atoms with van der Waals surface area (Å²) < 4.78 is 13.1. The van der Waals surface area contributed by atoms with Gasteiger partial charge in [-0.15, -0.1) is 0 Å². The standard InChI is InChI=1S/C10H10FN5O2/c11-8-5-7(3-1-2-4-14-15-13)10(12)9(6-8)16(17)18/h1,3,5-6H,2,4,12H2. The maximum Gasteiger partial charge on any atom is 0.295 e. The molecule has 0 bridgehead atoms. The fourth-order valence-electron chi connectivity index (χ4n) is 1.30. The molecular formula is C10H10FN5O2. The van der Waals surface area contributed by atoms with Crippen molar-refractivity contribution >= 4 is 17.5 Å². The van der Waals surface area contributed by atoms with Gasteiger partial charge in [-0.2, -0.15) is 0 Å². The fourth-order valence-corrected chi connectivity index (χ4v) is 1.30. The van der Waals surface area contributed by atoms with E-state index in [9.17, 15) is 14.5 Å². The summed E-state index contributed by atoms with van der Waals surface area (Å²) in [5.74, 6) is -0.731. The number of nitrogens with two attached hydrogens (primary N) is 1. The number of rotatable bonds is 5. The Kier molecular flexibility index (Phi) is 4.65. The molecule has 0 saturated heterocycles. The second kappa shape index (κ2) is 6.21. The molecule has 0 aliphatic rings. The van der Waals surface area contributed by atoms with Crippen LogP contribution in [0.5, 0.6) is 0 Å². The summed E-state index contributed by atoms with van der Waals surface area (Å²) in [6.07, 6.45) is 3.50. The van der Waals surface area contributed by atoms with Gasteiger partial charge >= 0.3 is 0 Å². The third-order valence-electron chi connectivity index (χ3n) is 2.11. The molecule has 0 spiro atoms. The highest BCUT2D eigenvalue weighted by Crippen LogP contribution is 2.27. The highest BCUT2D eigenvalue weighted by Gasteiger charge is 2.15. The van der Waals surface area contributed by atoms with Crippen molar-refractivity contribution in [1.82, 2.24) is 0 Å². The van der Waals surface area contributed by atoms with Gasteiger partial charge in [0.25, 0.3) is 5.69 Å². The Morgan fingerprint density at radius 3 is 2.94 bits per heavy atom. The first-order chi connectivity index (χ1) is 8.56. The Labute approximate surface area is 101 Å². The minimum Gasteiger partial charge on any atom is -0.393 e. The van der Waals surface area contributed by atoms with E-state index >= 15 is 0 Å². The lowest BCUT2D eigenvalue weighted by Gasteiger charge is -2.02. The number of nitro benzene ring substituents is 1. The van der Waals surface area contributed by atoms with E-state index in [0.29, 0.717) is 6.42 Å². The second-order valence-corrected chi connectivity index (χ2v) is 3.33. The van der Waals surface area contributed by atoms with Gasteiger partial charge in [0, 0.05) is 17.0 Å². The molecule has 1 aromatic rings. The summed E-state index contributed by atoms with van der Waals surface area (Å²) in [7, 11) is 0. The van der Waals surface area contributed by atoms with E-state index in [1.807, 2.05) is 0 Å².